The molecular weight excluding hydrogens is 638 g/mol. The lowest BCUT2D eigenvalue weighted by molar-refractivity contribution is -0.140. The normalized spacial score (nSPS) is 11.8. The van der Waals surface area contributed by atoms with Crippen LogP contribution >= 0.6 is 11.6 Å². The number of halogens is 1. The number of benzene rings is 4. The fourth-order valence-electron chi connectivity index (χ4n) is 5.05. The summed E-state index contributed by atoms with van der Waals surface area (Å²) in [7, 11) is -1.44. The SMILES string of the molecule is CCCNC(=O)[C@@H](Cc1ccccc1)N(Cc1ccc(Cl)cc1)C(=O)CN(c1ccc(C)cc1)S(=O)(=O)c1ccc(OC)c(OC)c1. The van der Waals surface area contributed by atoms with Gasteiger partial charge in [0.1, 0.15) is 12.6 Å². The molecule has 0 bridgehead atoms. The fourth-order valence-corrected chi connectivity index (χ4v) is 6.61. The van der Waals surface area contributed by atoms with E-state index in [1.54, 1.807) is 48.5 Å². The summed E-state index contributed by atoms with van der Waals surface area (Å²) in [4.78, 5) is 29.7. The first-order valence-corrected chi connectivity index (χ1v) is 17.1. The lowest BCUT2D eigenvalue weighted by Crippen LogP contribution is -2.53. The molecule has 0 aliphatic carbocycles. The molecular formula is C36H40ClN3O6S. The third-order valence-corrected chi connectivity index (χ3v) is 9.65. The predicted molar refractivity (Wildman–Crippen MR) is 184 cm³/mol. The van der Waals surface area contributed by atoms with Gasteiger partial charge in [-0.1, -0.05) is 78.7 Å². The van der Waals surface area contributed by atoms with Gasteiger partial charge in [-0.25, -0.2) is 8.42 Å². The van der Waals surface area contributed by atoms with E-state index in [0.29, 0.717) is 29.4 Å². The monoisotopic (exact) mass is 677 g/mol. The topological polar surface area (TPSA) is 105 Å². The van der Waals surface area contributed by atoms with Crippen molar-refractivity contribution in [2.75, 3.05) is 31.6 Å². The van der Waals surface area contributed by atoms with E-state index in [9.17, 15) is 18.0 Å². The summed E-state index contributed by atoms with van der Waals surface area (Å²) in [6.07, 6.45) is 0.933. The second-order valence-electron chi connectivity index (χ2n) is 11.0. The molecule has 0 aliphatic rings. The van der Waals surface area contributed by atoms with Gasteiger partial charge in [0.05, 0.1) is 24.8 Å². The zero-order valence-corrected chi connectivity index (χ0v) is 28.6. The average Bonchev–Trinajstić information content (AvgIpc) is 3.08. The highest BCUT2D eigenvalue weighted by atomic mass is 35.5. The van der Waals surface area contributed by atoms with Crippen molar-refractivity contribution in [2.45, 2.75) is 44.2 Å². The smallest absolute Gasteiger partial charge is 0.264 e. The number of hydrogen-bond donors (Lipinski definition) is 1. The number of carbonyl (C=O) groups excluding carboxylic acids is 2. The number of nitrogens with zero attached hydrogens (tertiary/aromatic N) is 2. The second-order valence-corrected chi connectivity index (χ2v) is 13.3. The molecule has 0 aromatic heterocycles. The van der Waals surface area contributed by atoms with Gasteiger partial charge in [-0.3, -0.25) is 13.9 Å². The van der Waals surface area contributed by atoms with E-state index in [2.05, 4.69) is 5.32 Å². The molecule has 0 radical (unpaired) electrons. The average molecular weight is 678 g/mol. The number of aryl methyl sites for hydroxylation is 1. The standard InChI is InChI=1S/C36H40ClN3O6S/c1-5-21-38-36(42)32(22-27-9-7-6-8-10-27)39(24-28-13-15-29(37)16-14-28)35(41)25-40(30-17-11-26(2)12-18-30)47(43,44)31-19-20-33(45-3)34(23-31)46-4/h6-20,23,32H,5,21-22,24-25H2,1-4H3,(H,38,42)/t32-/m1/s1. The van der Waals surface area contributed by atoms with Crippen LogP contribution in [0, 0.1) is 6.92 Å². The highest BCUT2D eigenvalue weighted by Gasteiger charge is 2.35. The Labute approximate surface area is 282 Å². The van der Waals surface area contributed by atoms with Gasteiger partial charge in [-0.2, -0.15) is 0 Å². The summed E-state index contributed by atoms with van der Waals surface area (Å²) in [5.41, 5.74) is 2.80. The number of ether oxygens (including phenoxy) is 2. The predicted octanol–water partition coefficient (Wildman–Crippen LogP) is 6.03. The van der Waals surface area contributed by atoms with Gasteiger partial charge in [0, 0.05) is 30.6 Å². The van der Waals surface area contributed by atoms with Crippen LogP contribution in [-0.2, 0) is 32.6 Å². The number of hydrogen-bond acceptors (Lipinski definition) is 6. The Kier molecular flexibility index (Phi) is 12.3. The molecule has 0 heterocycles. The Morgan fingerprint density at radius 3 is 2.13 bits per heavy atom. The van der Waals surface area contributed by atoms with E-state index in [-0.39, 0.29) is 29.5 Å². The first-order chi connectivity index (χ1) is 22.6. The Balaban J connectivity index is 1.81. The van der Waals surface area contributed by atoms with E-state index in [1.807, 2.05) is 44.2 Å². The molecule has 9 nitrogen and oxygen atoms in total. The van der Waals surface area contributed by atoms with Crippen molar-refractivity contribution in [1.82, 2.24) is 10.2 Å². The van der Waals surface area contributed by atoms with E-state index in [1.165, 1.54) is 37.3 Å². The summed E-state index contributed by atoms with van der Waals surface area (Å²) < 4.78 is 40.4. The first-order valence-electron chi connectivity index (χ1n) is 15.2. The van der Waals surface area contributed by atoms with Gasteiger partial charge in [-0.05, 0) is 60.9 Å². The maximum absolute atomic E-state index is 14.5. The molecule has 0 unspecified atom stereocenters. The lowest BCUT2D eigenvalue weighted by atomic mass is 10.0. The molecule has 248 valence electrons. The van der Waals surface area contributed by atoms with Gasteiger partial charge in [0.2, 0.25) is 11.8 Å². The minimum absolute atomic E-state index is 0.0468. The zero-order valence-electron chi connectivity index (χ0n) is 27.0. The van der Waals surface area contributed by atoms with Crippen molar-refractivity contribution in [1.29, 1.82) is 0 Å². The minimum atomic E-state index is -4.32. The fraction of sp³-hybridized carbons (Fsp3) is 0.278. The Hall–Kier alpha value is -4.54. The van der Waals surface area contributed by atoms with Gasteiger partial charge >= 0.3 is 0 Å². The second kappa shape index (κ2) is 16.3. The number of amides is 2. The lowest BCUT2D eigenvalue weighted by Gasteiger charge is -2.34. The van der Waals surface area contributed by atoms with Crippen LogP contribution in [0.2, 0.25) is 5.02 Å². The van der Waals surface area contributed by atoms with Crippen LogP contribution in [0.1, 0.15) is 30.0 Å². The van der Waals surface area contributed by atoms with Crippen molar-refractivity contribution in [3.8, 4) is 11.5 Å². The Morgan fingerprint density at radius 1 is 0.851 bits per heavy atom. The van der Waals surface area contributed by atoms with Gasteiger partial charge in [-0.15, -0.1) is 0 Å². The molecule has 2 amide bonds. The molecule has 0 fully saturated rings. The summed E-state index contributed by atoms with van der Waals surface area (Å²) in [6, 6.07) is 26.6. The highest BCUT2D eigenvalue weighted by molar-refractivity contribution is 7.92. The van der Waals surface area contributed by atoms with Crippen molar-refractivity contribution in [3.63, 3.8) is 0 Å². The van der Waals surface area contributed by atoms with Crippen molar-refractivity contribution >= 4 is 39.1 Å². The zero-order chi connectivity index (χ0) is 34.0. The summed E-state index contributed by atoms with van der Waals surface area (Å²) in [6.45, 7) is 3.74. The number of carbonyl (C=O) groups is 2. The molecule has 0 saturated heterocycles. The number of rotatable bonds is 15. The Bertz CT molecular complexity index is 1750. The number of sulfonamides is 1. The molecule has 4 aromatic rings. The quantitative estimate of drug-likeness (QED) is 0.165. The third kappa shape index (κ3) is 9.05. The van der Waals surface area contributed by atoms with Crippen LogP contribution in [0.3, 0.4) is 0 Å². The van der Waals surface area contributed by atoms with E-state index in [0.717, 1.165) is 21.0 Å². The molecule has 4 rings (SSSR count). The van der Waals surface area contributed by atoms with Crippen LogP contribution in [0.4, 0.5) is 5.69 Å². The van der Waals surface area contributed by atoms with Gasteiger partial charge in [0.25, 0.3) is 10.0 Å². The summed E-state index contributed by atoms with van der Waals surface area (Å²) in [5, 5.41) is 3.47. The Morgan fingerprint density at radius 2 is 1.51 bits per heavy atom. The van der Waals surface area contributed by atoms with Crippen molar-refractivity contribution < 1.29 is 27.5 Å². The van der Waals surface area contributed by atoms with Gasteiger partial charge < -0.3 is 19.7 Å². The van der Waals surface area contributed by atoms with Crippen LogP contribution in [0.5, 0.6) is 11.5 Å². The molecule has 1 N–H and O–H groups in total. The third-order valence-electron chi connectivity index (χ3n) is 7.63. The minimum Gasteiger partial charge on any atom is -0.493 e. The largest absolute Gasteiger partial charge is 0.493 e. The first kappa shape index (κ1) is 35.3. The number of nitrogens with one attached hydrogen (secondary N) is 1. The van der Waals surface area contributed by atoms with Crippen molar-refractivity contribution in [2.24, 2.45) is 0 Å². The maximum Gasteiger partial charge on any atom is 0.264 e. The van der Waals surface area contributed by atoms with E-state index >= 15 is 0 Å². The summed E-state index contributed by atoms with van der Waals surface area (Å²) in [5.74, 6) is -0.302. The van der Waals surface area contributed by atoms with Crippen molar-refractivity contribution in [3.05, 3.63) is 119 Å². The van der Waals surface area contributed by atoms with Crippen LogP contribution < -0.4 is 19.1 Å². The van der Waals surface area contributed by atoms with Crippen LogP contribution in [0.15, 0.2) is 102 Å². The van der Waals surface area contributed by atoms with E-state index < -0.39 is 28.5 Å². The number of methoxy groups -OCH3 is 2. The van der Waals surface area contributed by atoms with E-state index in [4.69, 9.17) is 21.1 Å². The molecule has 0 spiro atoms. The molecule has 11 heteroatoms. The van der Waals surface area contributed by atoms with Gasteiger partial charge in [0.15, 0.2) is 11.5 Å². The molecule has 0 aliphatic heterocycles. The molecule has 0 saturated carbocycles. The molecule has 4 aromatic carbocycles. The van der Waals surface area contributed by atoms with Crippen LogP contribution in [0.25, 0.3) is 0 Å². The highest BCUT2D eigenvalue weighted by Crippen LogP contribution is 2.32. The van der Waals surface area contributed by atoms with Crippen LogP contribution in [-0.4, -0.2) is 58.5 Å². The summed E-state index contributed by atoms with van der Waals surface area (Å²) >= 11 is 6.15. The molecule has 47 heavy (non-hydrogen) atoms. The molecule has 1 atom stereocenters. The maximum atomic E-state index is 14.5. The number of anilines is 1.